The molecule has 0 amide bonds. The zero-order valence-corrected chi connectivity index (χ0v) is 11.7. The van der Waals surface area contributed by atoms with Gasteiger partial charge in [-0.15, -0.1) is 17.8 Å². The Hall–Kier alpha value is -0.820. The lowest BCUT2D eigenvalue weighted by atomic mass is 10.1. The SMILES string of the molecule is C#CC(CCC)NC(CN)c1cc(C)sc1C. The van der Waals surface area contributed by atoms with Crippen molar-refractivity contribution in [1.82, 2.24) is 5.32 Å². The molecule has 1 rings (SSSR count). The van der Waals surface area contributed by atoms with Crippen molar-refractivity contribution in [3.8, 4) is 12.3 Å². The number of terminal acetylenes is 1. The van der Waals surface area contributed by atoms with Crippen LogP contribution in [-0.2, 0) is 0 Å². The summed E-state index contributed by atoms with van der Waals surface area (Å²) in [6.07, 6.45) is 7.61. The summed E-state index contributed by atoms with van der Waals surface area (Å²) >= 11 is 1.81. The van der Waals surface area contributed by atoms with Crippen LogP contribution in [0.15, 0.2) is 6.07 Å². The average molecular weight is 250 g/mol. The molecule has 0 aliphatic heterocycles. The molecular weight excluding hydrogens is 228 g/mol. The Labute approximate surface area is 109 Å². The van der Waals surface area contributed by atoms with Gasteiger partial charge in [0.25, 0.3) is 0 Å². The third kappa shape index (κ3) is 3.85. The molecule has 2 nitrogen and oxygen atoms in total. The van der Waals surface area contributed by atoms with Gasteiger partial charge in [0.05, 0.1) is 6.04 Å². The summed E-state index contributed by atoms with van der Waals surface area (Å²) in [5, 5.41) is 3.47. The normalized spacial score (nSPS) is 14.3. The van der Waals surface area contributed by atoms with Crippen LogP contribution in [0.2, 0.25) is 0 Å². The van der Waals surface area contributed by atoms with E-state index in [0.29, 0.717) is 6.54 Å². The second-order valence-electron chi connectivity index (χ2n) is 4.33. The first-order valence-corrected chi connectivity index (χ1v) is 6.93. The lowest BCUT2D eigenvalue weighted by Gasteiger charge is -2.21. The number of nitrogens with one attached hydrogen (secondary N) is 1. The average Bonchev–Trinajstić information content (AvgIpc) is 2.63. The Morgan fingerprint density at radius 1 is 1.53 bits per heavy atom. The van der Waals surface area contributed by atoms with Gasteiger partial charge in [-0.3, -0.25) is 5.32 Å². The van der Waals surface area contributed by atoms with Crippen molar-refractivity contribution in [2.75, 3.05) is 6.54 Å². The molecule has 2 unspecified atom stereocenters. The minimum Gasteiger partial charge on any atom is -0.329 e. The Morgan fingerprint density at radius 3 is 2.65 bits per heavy atom. The molecule has 0 saturated carbocycles. The highest BCUT2D eigenvalue weighted by Crippen LogP contribution is 2.26. The van der Waals surface area contributed by atoms with Crippen molar-refractivity contribution >= 4 is 11.3 Å². The molecule has 94 valence electrons. The van der Waals surface area contributed by atoms with Gasteiger partial charge in [0.1, 0.15) is 0 Å². The molecule has 0 aliphatic rings. The van der Waals surface area contributed by atoms with E-state index in [0.717, 1.165) is 12.8 Å². The Balaban J connectivity index is 2.78. The fourth-order valence-electron chi connectivity index (χ4n) is 2.03. The molecule has 0 aromatic carbocycles. The molecule has 1 heterocycles. The van der Waals surface area contributed by atoms with Crippen LogP contribution in [-0.4, -0.2) is 12.6 Å². The highest BCUT2D eigenvalue weighted by Gasteiger charge is 2.17. The molecule has 3 heteroatoms. The maximum atomic E-state index is 5.86. The topological polar surface area (TPSA) is 38.0 Å². The molecule has 2 atom stereocenters. The van der Waals surface area contributed by atoms with Gasteiger partial charge in [0.15, 0.2) is 0 Å². The van der Waals surface area contributed by atoms with Crippen molar-refractivity contribution in [1.29, 1.82) is 0 Å². The van der Waals surface area contributed by atoms with E-state index < -0.39 is 0 Å². The summed E-state index contributed by atoms with van der Waals surface area (Å²) in [5.41, 5.74) is 7.15. The van der Waals surface area contributed by atoms with Crippen molar-refractivity contribution in [3.63, 3.8) is 0 Å². The van der Waals surface area contributed by atoms with E-state index in [2.05, 4.69) is 38.1 Å². The van der Waals surface area contributed by atoms with Gasteiger partial charge in [0, 0.05) is 22.3 Å². The van der Waals surface area contributed by atoms with Gasteiger partial charge >= 0.3 is 0 Å². The number of nitrogens with two attached hydrogens (primary N) is 1. The molecule has 0 spiro atoms. The number of hydrogen-bond acceptors (Lipinski definition) is 3. The quantitative estimate of drug-likeness (QED) is 0.762. The minimum atomic E-state index is 0.119. The molecule has 17 heavy (non-hydrogen) atoms. The van der Waals surface area contributed by atoms with E-state index in [1.807, 2.05) is 11.3 Å². The van der Waals surface area contributed by atoms with Crippen LogP contribution < -0.4 is 11.1 Å². The molecule has 0 bridgehead atoms. The van der Waals surface area contributed by atoms with Gasteiger partial charge in [-0.2, -0.15) is 0 Å². The fourth-order valence-corrected chi connectivity index (χ4v) is 3.02. The Morgan fingerprint density at radius 2 is 2.24 bits per heavy atom. The van der Waals surface area contributed by atoms with Gasteiger partial charge in [-0.05, 0) is 31.9 Å². The van der Waals surface area contributed by atoms with Crippen LogP contribution in [0, 0.1) is 26.2 Å². The summed E-state index contributed by atoms with van der Waals surface area (Å²) in [7, 11) is 0. The number of thiophene rings is 1. The molecular formula is C14H22N2S. The summed E-state index contributed by atoms with van der Waals surface area (Å²) in [6, 6.07) is 2.50. The second kappa shape index (κ2) is 6.80. The summed E-state index contributed by atoms with van der Waals surface area (Å²) in [6.45, 7) is 6.99. The Bertz CT molecular complexity index is 389. The molecule has 1 aromatic heterocycles. The predicted octanol–water partition coefficient (Wildman–Crippen LogP) is 2.76. The van der Waals surface area contributed by atoms with Gasteiger partial charge in [-0.1, -0.05) is 19.3 Å². The van der Waals surface area contributed by atoms with E-state index in [1.54, 1.807) is 0 Å². The number of aryl methyl sites for hydroxylation is 2. The van der Waals surface area contributed by atoms with Crippen LogP contribution in [0.5, 0.6) is 0 Å². The zero-order chi connectivity index (χ0) is 12.8. The zero-order valence-electron chi connectivity index (χ0n) is 10.9. The highest BCUT2D eigenvalue weighted by molar-refractivity contribution is 7.12. The number of hydrogen-bond donors (Lipinski definition) is 2. The van der Waals surface area contributed by atoms with Crippen molar-refractivity contribution in [3.05, 3.63) is 21.4 Å². The van der Waals surface area contributed by atoms with Crippen molar-refractivity contribution < 1.29 is 0 Å². The maximum Gasteiger partial charge on any atom is 0.0692 e. The van der Waals surface area contributed by atoms with E-state index in [4.69, 9.17) is 12.2 Å². The second-order valence-corrected chi connectivity index (χ2v) is 5.79. The van der Waals surface area contributed by atoms with Crippen LogP contribution in [0.4, 0.5) is 0 Å². The molecule has 0 fully saturated rings. The summed E-state index contributed by atoms with van der Waals surface area (Å²) < 4.78 is 0. The third-order valence-electron chi connectivity index (χ3n) is 2.87. The summed E-state index contributed by atoms with van der Waals surface area (Å²) in [5.74, 6) is 2.80. The molecule has 0 saturated heterocycles. The minimum absolute atomic E-state index is 0.119. The van der Waals surface area contributed by atoms with Crippen LogP contribution in [0.3, 0.4) is 0 Å². The first kappa shape index (κ1) is 14.2. The van der Waals surface area contributed by atoms with Crippen molar-refractivity contribution in [2.45, 2.75) is 45.7 Å². The van der Waals surface area contributed by atoms with Gasteiger partial charge in [-0.25, -0.2) is 0 Å². The lowest BCUT2D eigenvalue weighted by molar-refractivity contribution is 0.475. The van der Waals surface area contributed by atoms with Crippen LogP contribution >= 0.6 is 11.3 Å². The monoisotopic (exact) mass is 250 g/mol. The Kier molecular flexibility index (Phi) is 5.70. The maximum absolute atomic E-state index is 5.86. The molecule has 3 N–H and O–H groups in total. The lowest BCUT2D eigenvalue weighted by Crippen LogP contribution is -2.36. The first-order valence-electron chi connectivity index (χ1n) is 6.11. The van der Waals surface area contributed by atoms with E-state index in [-0.39, 0.29) is 12.1 Å². The largest absolute Gasteiger partial charge is 0.329 e. The predicted molar refractivity (Wildman–Crippen MR) is 76.3 cm³/mol. The fraction of sp³-hybridized carbons (Fsp3) is 0.571. The van der Waals surface area contributed by atoms with Crippen molar-refractivity contribution in [2.24, 2.45) is 5.73 Å². The standard InChI is InChI=1S/C14H22N2S/c1-5-7-12(6-2)16-14(9-15)13-8-10(3)17-11(13)4/h2,8,12,14,16H,5,7,9,15H2,1,3-4H3. The van der Waals surface area contributed by atoms with Gasteiger partial charge < -0.3 is 5.73 Å². The first-order chi connectivity index (χ1) is 8.12. The molecule has 1 aromatic rings. The van der Waals surface area contributed by atoms with E-state index in [1.165, 1.54) is 15.3 Å². The van der Waals surface area contributed by atoms with Gasteiger partial charge in [0.2, 0.25) is 0 Å². The van der Waals surface area contributed by atoms with E-state index in [9.17, 15) is 0 Å². The van der Waals surface area contributed by atoms with E-state index >= 15 is 0 Å². The third-order valence-corrected chi connectivity index (χ3v) is 3.85. The molecule has 0 radical (unpaired) electrons. The highest BCUT2D eigenvalue weighted by atomic mass is 32.1. The number of rotatable bonds is 6. The van der Waals surface area contributed by atoms with Crippen LogP contribution in [0.1, 0.15) is 41.1 Å². The summed E-state index contributed by atoms with van der Waals surface area (Å²) in [4.78, 5) is 2.66. The molecule has 0 aliphatic carbocycles. The smallest absolute Gasteiger partial charge is 0.0692 e. The van der Waals surface area contributed by atoms with Crippen LogP contribution in [0.25, 0.3) is 0 Å².